The molecule has 0 radical (unpaired) electrons. The third kappa shape index (κ3) is 4.82. The molecule has 0 unspecified atom stereocenters. The van der Waals surface area contributed by atoms with Gasteiger partial charge in [0.2, 0.25) is 0 Å². The van der Waals surface area contributed by atoms with Crippen LogP contribution in [-0.2, 0) is 22.6 Å². The number of hydrogen-bond donors (Lipinski definition) is 0. The van der Waals surface area contributed by atoms with Crippen LogP contribution < -0.4 is 9.47 Å². The number of rotatable bonds is 7. The zero-order valence-corrected chi connectivity index (χ0v) is 16.3. The minimum atomic E-state index is -0.347. The van der Waals surface area contributed by atoms with E-state index in [1.165, 1.54) is 0 Å². The molecule has 3 rings (SSSR count). The number of ether oxygens (including phenoxy) is 3. The van der Waals surface area contributed by atoms with Crippen LogP contribution >= 0.6 is 0 Å². The Morgan fingerprint density at radius 3 is 2.32 bits per heavy atom. The Kier molecular flexibility index (Phi) is 6.53. The van der Waals surface area contributed by atoms with Crippen molar-refractivity contribution >= 4 is 11.9 Å². The highest BCUT2D eigenvalue weighted by Crippen LogP contribution is 2.25. The predicted octanol–water partition coefficient (Wildman–Crippen LogP) is 3.23. The van der Waals surface area contributed by atoms with Crippen molar-refractivity contribution in [3.8, 4) is 11.5 Å². The molecule has 6 nitrogen and oxygen atoms in total. The van der Waals surface area contributed by atoms with E-state index >= 15 is 0 Å². The first-order valence-electron chi connectivity index (χ1n) is 9.35. The molecule has 0 N–H and O–H groups in total. The molecular weight excluding hydrogens is 358 g/mol. The standard InChI is InChI=1S/C22H25NO5/c1-26-19-10-9-18(20(14-19)27-2)13-21(24)28-15-16-5-7-17(8-6-16)22(25)23-11-3-4-12-23/h5-10,14H,3-4,11-13,15H2,1-2H3. The fourth-order valence-electron chi connectivity index (χ4n) is 3.21. The fourth-order valence-corrected chi connectivity index (χ4v) is 3.21. The molecule has 1 amide bonds. The number of likely N-dealkylation sites (tertiary alicyclic amines) is 1. The van der Waals surface area contributed by atoms with Crippen molar-refractivity contribution in [3.63, 3.8) is 0 Å². The number of amides is 1. The van der Waals surface area contributed by atoms with Gasteiger partial charge in [-0.1, -0.05) is 18.2 Å². The van der Waals surface area contributed by atoms with Crippen molar-refractivity contribution < 1.29 is 23.8 Å². The Morgan fingerprint density at radius 1 is 0.964 bits per heavy atom. The molecule has 0 spiro atoms. The van der Waals surface area contributed by atoms with Crippen molar-refractivity contribution in [2.75, 3.05) is 27.3 Å². The molecule has 0 saturated carbocycles. The largest absolute Gasteiger partial charge is 0.497 e. The Balaban J connectivity index is 1.54. The van der Waals surface area contributed by atoms with Crippen LogP contribution in [0.25, 0.3) is 0 Å². The third-order valence-electron chi connectivity index (χ3n) is 4.82. The Bertz CT molecular complexity index is 825. The van der Waals surface area contributed by atoms with E-state index in [0.29, 0.717) is 17.1 Å². The summed E-state index contributed by atoms with van der Waals surface area (Å²) in [6.45, 7) is 1.82. The predicted molar refractivity (Wildman–Crippen MR) is 105 cm³/mol. The molecule has 28 heavy (non-hydrogen) atoms. The fraction of sp³-hybridized carbons (Fsp3) is 0.364. The van der Waals surface area contributed by atoms with Gasteiger partial charge in [0.15, 0.2) is 0 Å². The lowest BCUT2D eigenvalue weighted by molar-refractivity contribution is -0.144. The van der Waals surface area contributed by atoms with Crippen molar-refractivity contribution in [2.45, 2.75) is 25.9 Å². The molecule has 0 bridgehead atoms. The minimum absolute atomic E-state index is 0.0626. The molecule has 0 atom stereocenters. The van der Waals surface area contributed by atoms with Gasteiger partial charge in [-0.25, -0.2) is 0 Å². The molecule has 2 aromatic carbocycles. The maximum Gasteiger partial charge on any atom is 0.310 e. The first kappa shape index (κ1) is 19.7. The normalized spacial score (nSPS) is 13.3. The van der Waals surface area contributed by atoms with Gasteiger partial charge >= 0.3 is 5.97 Å². The van der Waals surface area contributed by atoms with E-state index in [9.17, 15) is 9.59 Å². The molecule has 148 valence electrons. The summed E-state index contributed by atoms with van der Waals surface area (Å²) in [5, 5.41) is 0. The van der Waals surface area contributed by atoms with Gasteiger partial charge in [-0.15, -0.1) is 0 Å². The average Bonchev–Trinajstić information content (AvgIpc) is 3.27. The molecule has 0 aliphatic carbocycles. The zero-order chi connectivity index (χ0) is 19.9. The summed E-state index contributed by atoms with van der Waals surface area (Å²) in [5.74, 6) is 0.965. The smallest absolute Gasteiger partial charge is 0.310 e. The number of nitrogens with zero attached hydrogens (tertiary/aromatic N) is 1. The van der Waals surface area contributed by atoms with E-state index in [1.54, 1.807) is 44.6 Å². The quantitative estimate of drug-likeness (QED) is 0.687. The van der Waals surface area contributed by atoms with Gasteiger partial charge in [0.1, 0.15) is 18.1 Å². The van der Waals surface area contributed by atoms with Crippen molar-refractivity contribution in [1.82, 2.24) is 4.90 Å². The molecule has 1 aliphatic rings. The maximum atomic E-state index is 12.4. The third-order valence-corrected chi connectivity index (χ3v) is 4.82. The van der Waals surface area contributed by atoms with Crippen LogP contribution in [0.2, 0.25) is 0 Å². The molecule has 1 heterocycles. The molecular formula is C22H25NO5. The second-order valence-corrected chi connectivity index (χ2v) is 6.71. The summed E-state index contributed by atoms with van der Waals surface area (Å²) >= 11 is 0. The molecule has 1 aliphatic heterocycles. The highest BCUT2D eigenvalue weighted by Gasteiger charge is 2.19. The summed E-state index contributed by atoms with van der Waals surface area (Å²) in [4.78, 5) is 26.4. The van der Waals surface area contributed by atoms with Crippen LogP contribution in [0.1, 0.15) is 34.3 Å². The minimum Gasteiger partial charge on any atom is -0.497 e. The van der Waals surface area contributed by atoms with E-state index in [-0.39, 0.29) is 24.9 Å². The van der Waals surface area contributed by atoms with Gasteiger partial charge in [-0.2, -0.15) is 0 Å². The van der Waals surface area contributed by atoms with Gasteiger partial charge in [0.05, 0.1) is 20.6 Å². The van der Waals surface area contributed by atoms with E-state index in [4.69, 9.17) is 14.2 Å². The van der Waals surface area contributed by atoms with Gasteiger partial charge in [0.25, 0.3) is 5.91 Å². The lowest BCUT2D eigenvalue weighted by atomic mass is 10.1. The monoisotopic (exact) mass is 383 g/mol. The number of carbonyl (C=O) groups excluding carboxylic acids is 2. The average molecular weight is 383 g/mol. The first-order chi connectivity index (χ1) is 13.6. The molecule has 1 saturated heterocycles. The van der Waals surface area contributed by atoms with Crippen LogP contribution in [-0.4, -0.2) is 44.1 Å². The van der Waals surface area contributed by atoms with E-state index in [0.717, 1.165) is 37.1 Å². The summed E-state index contributed by atoms with van der Waals surface area (Å²) in [7, 11) is 3.13. The van der Waals surface area contributed by atoms with E-state index in [2.05, 4.69) is 0 Å². The van der Waals surface area contributed by atoms with Crippen LogP contribution in [0.3, 0.4) is 0 Å². The summed E-state index contributed by atoms with van der Waals surface area (Å²) in [6.07, 6.45) is 2.25. The zero-order valence-electron chi connectivity index (χ0n) is 16.3. The summed E-state index contributed by atoms with van der Waals surface area (Å²) in [5.41, 5.74) is 2.24. The molecule has 2 aromatic rings. The highest BCUT2D eigenvalue weighted by molar-refractivity contribution is 5.94. The topological polar surface area (TPSA) is 65.1 Å². The van der Waals surface area contributed by atoms with E-state index in [1.807, 2.05) is 17.0 Å². The Morgan fingerprint density at radius 2 is 1.68 bits per heavy atom. The number of hydrogen-bond acceptors (Lipinski definition) is 5. The summed E-state index contributed by atoms with van der Waals surface area (Å²) in [6, 6.07) is 12.5. The van der Waals surface area contributed by atoms with E-state index < -0.39 is 0 Å². The van der Waals surface area contributed by atoms with Gasteiger partial charge in [-0.05, 0) is 36.6 Å². The van der Waals surface area contributed by atoms with Crippen LogP contribution in [0, 0.1) is 0 Å². The maximum absolute atomic E-state index is 12.4. The Hall–Kier alpha value is -3.02. The second-order valence-electron chi connectivity index (χ2n) is 6.71. The van der Waals surface area contributed by atoms with Crippen LogP contribution in [0.15, 0.2) is 42.5 Å². The van der Waals surface area contributed by atoms with Gasteiger partial charge < -0.3 is 19.1 Å². The van der Waals surface area contributed by atoms with Gasteiger partial charge in [-0.3, -0.25) is 9.59 Å². The number of esters is 1. The lowest BCUT2D eigenvalue weighted by Gasteiger charge is -2.15. The Labute approximate surface area is 165 Å². The van der Waals surface area contributed by atoms with Gasteiger partial charge in [0, 0.05) is 30.3 Å². The number of methoxy groups -OCH3 is 2. The summed E-state index contributed by atoms with van der Waals surface area (Å²) < 4.78 is 15.8. The van der Waals surface area contributed by atoms with Crippen molar-refractivity contribution in [3.05, 3.63) is 59.2 Å². The number of carbonyl (C=O) groups is 2. The van der Waals surface area contributed by atoms with Crippen LogP contribution in [0.4, 0.5) is 0 Å². The lowest BCUT2D eigenvalue weighted by Crippen LogP contribution is -2.27. The highest BCUT2D eigenvalue weighted by atomic mass is 16.5. The molecule has 1 fully saturated rings. The van der Waals surface area contributed by atoms with Crippen molar-refractivity contribution in [2.24, 2.45) is 0 Å². The first-order valence-corrected chi connectivity index (χ1v) is 9.35. The molecule has 6 heteroatoms. The van der Waals surface area contributed by atoms with Crippen LogP contribution in [0.5, 0.6) is 11.5 Å². The number of benzene rings is 2. The molecule has 0 aromatic heterocycles. The second kappa shape index (κ2) is 9.26. The van der Waals surface area contributed by atoms with Crippen molar-refractivity contribution in [1.29, 1.82) is 0 Å². The SMILES string of the molecule is COc1ccc(CC(=O)OCc2ccc(C(=O)N3CCCC3)cc2)c(OC)c1.